The summed E-state index contributed by atoms with van der Waals surface area (Å²) in [5.74, 6) is 0.814. The van der Waals surface area contributed by atoms with Crippen molar-refractivity contribution in [2.45, 2.75) is 36.1 Å². The molecule has 0 unspecified atom stereocenters. The van der Waals surface area contributed by atoms with E-state index in [1.807, 2.05) is 18.4 Å². The van der Waals surface area contributed by atoms with Gasteiger partial charge in [-0.2, -0.15) is 4.99 Å². The highest BCUT2D eigenvalue weighted by molar-refractivity contribution is 7.98. The number of hydrogen-bond donors (Lipinski definition) is 0. The van der Waals surface area contributed by atoms with Crippen molar-refractivity contribution >= 4 is 17.8 Å². The van der Waals surface area contributed by atoms with E-state index in [-0.39, 0.29) is 0 Å². The van der Waals surface area contributed by atoms with E-state index in [1.165, 1.54) is 0 Å². The van der Waals surface area contributed by atoms with E-state index in [1.54, 1.807) is 25.0 Å². The van der Waals surface area contributed by atoms with E-state index in [4.69, 9.17) is 4.74 Å². The van der Waals surface area contributed by atoms with E-state index < -0.39 is 5.54 Å². The number of isocyanates is 1. The van der Waals surface area contributed by atoms with Crippen LogP contribution in [0.4, 0.5) is 0 Å². The van der Waals surface area contributed by atoms with Gasteiger partial charge in [-0.15, -0.1) is 11.8 Å². The van der Waals surface area contributed by atoms with Gasteiger partial charge in [0, 0.05) is 10.5 Å². The summed E-state index contributed by atoms with van der Waals surface area (Å²) < 4.78 is 5.43. The van der Waals surface area contributed by atoms with Gasteiger partial charge in [-0.3, -0.25) is 0 Å². The summed E-state index contributed by atoms with van der Waals surface area (Å²) in [7, 11) is 1.66. The van der Waals surface area contributed by atoms with Gasteiger partial charge in [0.25, 0.3) is 0 Å². The van der Waals surface area contributed by atoms with Crippen molar-refractivity contribution in [2.24, 2.45) is 4.99 Å². The molecule has 1 aromatic carbocycles. The number of rotatable bonds is 4. The molecule has 0 spiro atoms. The smallest absolute Gasteiger partial charge is 0.235 e. The molecule has 18 heavy (non-hydrogen) atoms. The highest BCUT2D eigenvalue weighted by Gasteiger charge is 2.38. The van der Waals surface area contributed by atoms with Crippen LogP contribution in [-0.2, 0) is 10.3 Å². The van der Waals surface area contributed by atoms with Gasteiger partial charge in [0.2, 0.25) is 6.08 Å². The zero-order valence-corrected chi connectivity index (χ0v) is 11.5. The fourth-order valence-corrected chi connectivity index (χ4v) is 3.11. The van der Waals surface area contributed by atoms with Gasteiger partial charge >= 0.3 is 0 Å². The second kappa shape index (κ2) is 5.59. The first-order chi connectivity index (χ1) is 8.75. The van der Waals surface area contributed by atoms with Gasteiger partial charge in [-0.25, -0.2) is 4.79 Å². The van der Waals surface area contributed by atoms with Gasteiger partial charge in [-0.05, 0) is 37.3 Å². The number of methoxy groups -OCH3 is 1. The molecule has 1 saturated carbocycles. The minimum atomic E-state index is -0.418. The Hall–Kier alpha value is -1.25. The molecule has 0 aromatic heterocycles. The lowest BCUT2D eigenvalue weighted by molar-refractivity contribution is 0.378. The molecule has 0 heterocycles. The van der Waals surface area contributed by atoms with Crippen molar-refractivity contribution in [3.63, 3.8) is 0 Å². The van der Waals surface area contributed by atoms with Gasteiger partial charge in [0.05, 0.1) is 7.11 Å². The largest absolute Gasteiger partial charge is 0.496 e. The third-order valence-electron chi connectivity index (χ3n) is 3.60. The first-order valence-electron chi connectivity index (χ1n) is 6.07. The molecule has 1 aromatic rings. The maximum atomic E-state index is 10.8. The second-order valence-electron chi connectivity index (χ2n) is 4.51. The van der Waals surface area contributed by atoms with Crippen LogP contribution in [0.1, 0.15) is 31.2 Å². The number of hydrogen-bond acceptors (Lipinski definition) is 4. The monoisotopic (exact) mass is 263 g/mol. The molecule has 0 amide bonds. The van der Waals surface area contributed by atoms with E-state index in [0.29, 0.717) is 0 Å². The molecular formula is C14H17NO2S. The Morgan fingerprint density at radius 3 is 2.67 bits per heavy atom. The average molecular weight is 263 g/mol. The maximum Gasteiger partial charge on any atom is 0.235 e. The topological polar surface area (TPSA) is 38.7 Å². The molecule has 2 rings (SSSR count). The Bertz CT molecular complexity index is 475. The highest BCUT2D eigenvalue weighted by atomic mass is 32.2. The van der Waals surface area contributed by atoms with Gasteiger partial charge < -0.3 is 4.74 Å². The van der Waals surface area contributed by atoms with Crippen molar-refractivity contribution < 1.29 is 9.53 Å². The van der Waals surface area contributed by atoms with Crippen molar-refractivity contribution in [1.82, 2.24) is 0 Å². The van der Waals surface area contributed by atoms with Crippen LogP contribution in [0.5, 0.6) is 5.75 Å². The van der Waals surface area contributed by atoms with Crippen molar-refractivity contribution in [3.05, 3.63) is 23.8 Å². The normalized spacial score (nSPS) is 17.2. The quantitative estimate of drug-likeness (QED) is 0.474. The first kappa shape index (κ1) is 13.2. The van der Waals surface area contributed by atoms with Crippen LogP contribution in [0, 0.1) is 0 Å². The molecule has 0 radical (unpaired) electrons. The second-order valence-corrected chi connectivity index (χ2v) is 5.39. The molecule has 1 fully saturated rings. The third-order valence-corrected chi connectivity index (χ3v) is 4.32. The van der Waals surface area contributed by atoms with Crippen LogP contribution in [-0.4, -0.2) is 19.4 Å². The lowest BCUT2D eigenvalue weighted by Gasteiger charge is -2.25. The van der Waals surface area contributed by atoms with Gasteiger partial charge in [-0.1, -0.05) is 12.8 Å². The lowest BCUT2D eigenvalue weighted by atomic mass is 9.88. The molecule has 3 nitrogen and oxygen atoms in total. The standard InChI is InChI=1S/C14H17NO2S/c1-17-13-6-5-11(18-2)9-12(13)14(15-10-16)7-3-4-8-14/h5-6,9H,3-4,7-8H2,1-2H3. The number of thioether (sulfide) groups is 1. The van der Waals surface area contributed by atoms with Gasteiger partial charge in [0.15, 0.2) is 0 Å². The van der Waals surface area contributed by atoms with Crippen LogP contribution in [0.2, 0.25) is 0 Å². The van der Waals surface area contributed by atoms with Crippen LogP contribution in [0.25, 0.3) is 0 Å². The molecular weight excluding hydrogens is 246 g/mol. The van der Waals surface area contributed by atoms with Crippen molar-refractivity contribution in [1.29, 1.82) is 0 Å². The molecule has 1 aliphatic carbocycles. The number of benzene rings is 1. The predicted molar refractivity (Wildman–Crippen MR) is 73.0 cm³/mol. The zero-order chi connectivity index (χ0) is 13.0. The number of ether oxygens (including phenoxy) is 1. The summed E-state index contributed by atoms with van der Waals surface area (Å²) in [6.45, 7) is 0. The predicted octanol–water partition coefficient (Wildman–Crippen LogP) is 3.52. The lowest BCUT2D eigenvalue weighted by Crippen LogP contribution is -2.20. The Kier molecular flexibility index (Phi) is 4.10. The number of aliphatic imine (C=N–C) groups is 1. The zero-order valence-electron chi connectivity index (χ0n) is 10.7. The summed E-state index contributed by atoms with van der Waals surface area (Å²) in [6.07, 6.45) is 7.78. The Morgan fingerprint density at radius 1 is 1.39 bits per heavy atom. The van der Waals surface area contributed by atoms with E-state index in [9.17, 15) is 4.79 Å². The summed E-state index contributed by atoms with van der Waals surface area (Å²) >= 11 is 1.68. The van der Waals surface area contributed by atoms with Crippen molar-refractivity contribution in [2.75, 3.05) is 13.4 Å². The van der Waals surface area contributed by atoms with E-state index in [0.717, 1.165) is 41.9 Å². The molecule has 0 saturated heterocycles. The average Bonchev–Trinajstić information content (AvgIpc) is 2.88. The number of nitrogens with zero attached hydrogens (tertiary/aromatic N) is 1. The molecule has 4 heteroatoms. The van der Waals surface area contributed by atoms with Crippen LogP contribution in [0.15, 0.2) is 28.1 Å². The van der Waals surface area contributed by atoms with Gasteiger partial charge in [0.1, 0.15) is 11.3 Å². The molecule has 0 N–H and O–H groups in total. The Labute approximate surface area is 112 Å². The van der Waals surface area contributed by atoms with E-state index in [2.05, 4.69) is 11.1 Å². The van der Waals surface area contributed by atoms with E-state index >= 15 is 0 Å². The summed E-state index contributed by atoms with van der Waals surface area (Å²) in [6, 6.07) is 6.08. The SMILES string of the molecule is COc1ccc(SC)cc1C1(N=C=O)CCCC1. The third kappa shape index (κ3) is 2.31. The van der Waals surface area contributed by atoms with Crippen molar-refractivity contribution in [3.8, 4) is 5.75 Å². The fourth-order valence-electron chi connectivity index (χ4n) is 2.67. The summed E-state index contributed by atoms with van der Waals surface area (Å²) in [5, 5.41) is 0. The molecule has 0 atom stereocenters. The molecule has 96 valence electrons. The highest BCUT2D eigenvalue weighted by Crippen LogP contribution is 2.46. The maximum absolute atomic E-state index is 10.8. The molecule has 0 bridgehead atoms. The van der Waals surface area contributed by atoms with Crippen LogP contribution >= 0.6 is 11.8 Å². The first-order valence-corrected chi connectivity index (χ1v) is 7.30. The molecule has 1 aliphatic rings. The fraction of sp³-hybridized carbons (Fsp3) is 0.500. The molecule has 0 aliphatic heterocycles. The summed E-state index contributed by atoms with van der Waals surface area (Å²) in [5.41, 5.74) is 0.608. The Balaban J connectivity index is 2.55. The minimum absolute atomic E-state index is 0.418. The minimum Gasteiger partial charge on any atom is -0.496 e. The summed E-state index contributed by atoms with van der Waals surface area (Å²) in [4.78, 5) is 16.0. The Morgan fingerprint density at radius 2 is 2.11 bits per heavy atom. The van der Waals surface area contributed by atoms with Crippen LogP contribution < -0.4 is 4.74 Å². The van der Waals surface area contributed by atoms with Crippen LogP contribution in [0.3, 0.4) is 0 Å². The number of carbonyl (C=O) groups excluding carboxylic acids is 1.